The monoisotopic (exact) mass is 408 g/mol. The van der Waals surface area contributed by atoms with Crippen LogP contribution in [-0.2, 0) is 11.3 Å². The molecule has 7 heteroatoms. The van der Waals surface area contributed by atoms with Crippen molar-refractivity contribution >= 4 is 38.4 Å². The zero-order chi connectivity index (χ0) is 20.5. The summed E-state index contributed by atoms with van der Waals surface area (Å²) in [4.78, 5) is 30.0. The molecule has 0 atom stereocenters. The zero-order valence-corrected chi connectivity index (χ0v) is 17.2. The van der Waals surface area contributed by atoms with Gasteiger partial charge in [-0.05, 0) is 43.2 Å². The van der Waals surface area contributed by atoms with Crippen molar-refractivity contribution in [3.8, 4) is 0 Å². The average molecular weight is 408 g/mol. The van der Waals surface area contributed by atoms with Crippen molar-refractivity contribution in [3.63, 3.8) is 0 Å². The van der Waals surface area contributed by atoms with Crippen LogP contribution in [0, 0.1) is 13.8 Å². The van der Waals surface area contributed by atoms with Crippen LogP contribution >= 0.6 is 11.3 Å². The van der Waals surface area contributed by atoms with Crippen LogP contribution in [-0.4, -0.2) is 24.2 Å². The van der Waals surface area contributed by atoms with Crippen LogP contribution in [0.5, 0.6) is 0 Å². The predicted molar refractivity (Wildman–Crippen MR) is 114 cm³/mol. The van der Waals surface area contributed by atoms with Crippen LogP contribution in [0.3, 0.4) is 0 Å². The normalized spacial score (nSPS) is 12.2. The van der Waals surface area contributed by atoms with Crippen molar-refractivity contribution in [2.45, 2.75) is 20.4 Å². The number of aryl methyl sites for hydroxylation is 2. The molecule has 0 bridgehead atoms. The van der Waals surface area contributed by atoms with Gasteiger partial charge in [0.25, 0.3) is 0 Å². The van der Waals surface area contributed by atoms with Gasteiger partial charge >= 0.3 is 5.91 Å². The standard InChI is InChI=1S/C22H20N2O4S/c1-13-10-14(2)20-19(11-13)29-22(24(20)8-9-27-3)23-21(26)18-12-16(25)15-6-4-5-7-17(15)28-18/h4-7,10-12H,8-9H2,1-3H3. The van der Waals surface area contributed by atoms with Crippen LogP contribution < -0.4 is 10.2 Å². The smallest absolute Gasteiger partial charge is 0.315 e. The second-order valence-corrected chi connectivity index (χ2v) is 7.85. The topological polar surface area (TPSA) is 73.8 Å². The molecule has 0 aliphatic carbocycles. The number of para-hydroxylation sites is 1. The summed E-state index contributed by atoms with van der Waals surface area (Å²) in [6.45, 7) is 5.14. The fourth-order valence-corrected chi connectivity index (χ4v) is 4.65. The molecule has 0 spiro atoms. The van der Waals surface area contributed by atoms with E-state index >= 15 is 0 Å². The summed E-state index contributed by atoms with van der Waals surface area (Å²) >= 11 is 1.43. The van der Waals surface area contributed by atoms with Crippen molar-refractivity contribution < 1.29 is 13.9 Å². The maximum absolute atomic E-state index is 12.8. The van der Waals surface area contributed by atoms with Crippen LogP contribution in [0.2, 0.25) is 0 Å². The predicted octanol–water partition coefficient (Wildman–Crippen LogP) is 3.81. The number of nitrogens with zero attached hydrogens (tertiary/aromatic N) is 2. The lowest BCUT2D eigenvalue weighted by atomic mass is 10.1. The summed E-state index contributed by atoms with van der Waals surface area (Å²) in [7, 11) is 1.64. The Bertz CT molecular complexity index is 1360. The van der Waals surface area contributed by atoms with Gasteiger partial charge in [-0.15, -0.1) is 0 Å². The average Bonchev–Trinajstić information content (AvgIpc) is 3.03. The third kappa shape index (κ3) is 3.66. The number of benzene rings is 2. The minimum Gasteiger partial charge on any atom is -0.451 e. The van der Waals surface area contributed by atoms with E-state index in [1.165, 1.54) is 17.4 Å². The molecule has 0 aliphatic rings. The van der Waals surface area contributed by atoms with E-state index in [0.717, 1.165) is 21.3 Å². The number of hydrogen-bond acceptors (Lipinski definition) is 5. The number of amides is 1. The first-order chi connectivity index (χ1) is 14.0. The highest BCUT2D eigenvalue weighted by Crippen LogP contribution is 2.23. The zero-order valence-electron chi connectivity index (χ0n) is 16.4. The van der Waals surface area contributed by atoms with Gasteiger partial charge in [-0.25, -0.2) is 0 Å². The quantitative estimate of drug-likeness (QED) is 0.515. The molecule has 1 amide bonds. The highest BCUT2D eigenvalue weighted by Gasteiger charge is 2.14. The van der Waals surface area contributed by atoms with E-state index in [1.807, 2.05) is 18.4 Å². The van der Waals surface area contributed by atoms with E-state index in [1.54, 1.807) is 31.4 Å². The Morgan fingerprint density at radius 3 is 2.79 bits per heavy atom. The first kappa shape index (κ1) is 19.3. The van der Waals surface area contributed by atoms with Crippen LogP contribution in [0.4, 0.5) is 0 Å². The number of hydrogen-bond donors (Lipinski definition) is 0. The SMILES string of the molecule is COCCn1c(=NC(=O)c2cc(=O)c3ccccc3o2)sc2cc(C)cc(C)c21. The Morgan fingerprint density at radius 1 is 1.21 bits per heavy atom. The maximum Gasteiger partial charge on any atom is 0.315 e. The Balaban J connectivity index is 1.88. The Morgan fingerprint density at radius 2 is 2.00 bits per heavy atom. The molecule has 29 heavy (non-hydrogen) atoms. The van der Waals surface area contributed by atoms with Gasteiger partial charge in [0, 0.05) is 19.7 Å². The van der Waals surface area contributed by atoms with Gasteiger partial charge in [0.2, 0.25) is 0 Å². The molecule has 148 valence electrons. The Labute approximate surface area is 170 Å². The molecule has 0 fully saturated rings. The molecule has 0 unspecified atom stereocenters. The van der Waals surface area contributed by atoms with Gasteiger partial charge < -0.3 is 13.7 Å². The van der Waals surface area contributed by atoms with E-state index in [9.17, 15) is 9.59 Å². The summed E-state index contributed by atoms with van der Waals surface area (Å²) in [5.41, 5.74) is 3.39. The van der Waals surface area contributed by atoms with Gasteiger partial charge in [0.1, 0.15) is 5.58 Å². The Kier molecular flexibility index (Phi) is 5.17. The van der Waals surface area contributed by atoms with E-state index in [-0.39, 0.29) is 11.2 Å². The third-order valence-electron chi connectivity index (χ3n) is 4.67. The molecule has 6 nitrogen and oxygen atoms in total. The summed E-state index contributed by atoms with van der Waals surface area (Å²) in [6.07, 6.45) is 0. The molecule has 0 saturated carbocycles. The number of ether oxygens (including phenoxy) is 1. The number of fused-ring (bicyclic) bond motifs is 2. The molecule has 2 aromatic heterocycles. The molecule has 0 saturated heterocycles. The molecular weight excluding hydrogens is 388 g/mol. The number of methoxy groups -OCH3 is 1. The van der Waals surface area contributed by atoms with E-state index in [4.69, 9.17) is 9.15 Å². The minimum absolute atomic E-state index is 0.0719. The van der Waals surface area contributed by atoms with Crippen molar-refractivity contribution in [2.75, 3.05) is 13.7 Å². The van der Waals surface area contributed by atoms with Gasteiger partial charge in [-0.1, -0.05) is 29.5 Å². The summed E-state index contributed by atoms with van der Waals surface area (Å²) in [5.74, 6) is -0.655. The fraction of sp³-hybridized carbons (Fsp3) is 0.227. The van der Waals surface area contributed by atoms with E-state index in [0.29, 0.717) is 28.9 Å². The number of rotatable bonds is 4. The van der Waals surface area contributed by atoms with Gasteiger partial charge in [0.15, 0.2) is 16.0 Å². The van der Waals surface area contributed by atoms with Crippen LogP contribution in [0.1, 0.15) is 21.7 Å². The first-order valence-electron chi connectivity index (χ1n) is 9.19. The van der Waals surface area contributed by atoms with Crippen molar-refractivity contribution in [1.29, 1.82) is 0 Å². The molecule has 0 N–H and O–H groups in total. The first-order valence-corrected chi connectivity index (χ1v) is 10.0. The number of thiazole rings is 1. The number of aromatic nitrogens is 1. The lowest BCUT2D eigenvalue weighted by Gasteiger charge is -2.07. The minimum atomic E-state index is -0.583. The number of carbonyl (C=O) groups is 1. The Hall–Kier alpha value is -3.03. The van der Waals surface area contributed by atoms with E-state index < -0.39 is 5.91 Å². The summed E-state index contributed by atoms with van der Waals surface area (Å²) in [5, 5.41) is 0.437. The molecule has 4 rings (SSSR count). The number of carbonyl (C=O) groups excluding carboxylic acids is 1. The van der Waals surface area contributed by atoms with Crippen LogP contribution in [0.15, 0.2) is 56.7 Å². The lowest BCUT2D eigenvalue weighted by Crippen LogP contribution is -2.20. The van der Waals surface area contributed by atoms with Crippen molar-refractivity contribution in [2.24, 2.45) is 4.99 Å². The van der Waals surface area contributed by atoms with Gasteiger partial charge in [-0.2, -0.15) is 4.99 Å². The highest BCUT2D eigenvalue weighted by atomic mass is 32.1. The fourth-order valence-electron chi connectivity index (χ4n) is 3.42. The lowest BCUT2D eigenvalue weighted by molar-refractivity contribution is 0.0971. The van der Waals surface area contributed by atoms with E-state index in [2.05, 4.69) is 17.1 Å². The third-order valence-corrected chi connectivity index (χ3v) is 5.70. The molecule has 0 radical (unpaired) electrons. The van der Waals surface area contributed by atoms with Crippen molar-refractivity contribution in [3.05, 3.63) is 74.4 Å². The van der Waals surface area contributed by atoms with Gasteiger partial charge in [-0.3, -0.25) is 9.59 Å². The maximum atomic E-state index is 12.8. The second-order valence-electron chi connectivity index (χ2n) is 6.85. The summed E-state index contributed by atoms with van der Waals surface area (Å²) < 4.78 is 13.9. The molecular formula is C22H20N2O4S. The molecule has 2 heterocycles. The molecule has 2 aromatic carbocycles. The largest absolute Gasteiger partial charge is 0.451 e. The second kappa shape index (κ2) is 7.77. The summed E-state index contributed by atoms with van der Waals surface area (Å²) in [6, 6.07) is 12.2. The van der Waals surface area contributed by atoms with Crippen LogP contribution in [0.25, 0.3) is 21.2 Å². The highest BCUT2D eigenvalue weighted by molar-refractivity contribution is 7.16. The molecule has 0 aliphatic heterocycles. The van der Waals surface area contributed by atoms with Crippen molar-refractivity contribution in [1.82, 2.24) is 4.57 Å². The molecule has 4 aromatic rings. The van der Waals surface area contributed by atoms with Gasteiger partial charge in [0.05, 0.1) is 22.2 Å².